The maximum absolute atomic E-state index is 11.9. The van der Waals surface area contributed by atoms with Gasteiger partial charge in [-0.05, 0) is 29.9 Å². The molecule has 0 radical (unpaired) electrons. The number of thiol groups is 1. The molecule has 0 saturated carbocycles. The SMILES string of the molecule is CC(CS)CN1C(=O)COc2ccc(Br)cc21. The molecule has 92 valence electrons. The van der Waals surface area contributed by atoms with Crippen LogP contribution in [0.1, 0.15) is 6.92 Å². The lowest BCUT2D eigenvalue weighted by Gasteiger charge is -2.31. The molecular formula is C12H14BrNO2S. The molecule has 1 aliphatic heterocycles. The van der Waals surface area contributed by atoms with E-state index in [0.29, 0.717) is 12.5 Å². The van der Waals surface area contributed by atoms with Crippen molar-refractivity contribution in [3.05, 3.63) is 22.7 Å². The highest BCUT2D eigenvalue weighted by Crippen LogP contribution is 2.34. The number of carbonyl (C=O) groups is 1. The van der Waals surface area contributed by atoms with Gasteiger partial charge in [-0.15, -0.1) is 0 Å². The topological polar surface area (TPSA) is 29.5 Å². The number of fused-ring (bicyclic) bond motifs is 1. The van der Waals surface area contributed by atoms with Gasteiger partial charge in [0.05, 0.1) is 5.69 Å². The Bertz CT molecular complexity index is 439. The monoisotopic (exact) mass is 315 g/mol. The van der Waals surface area contributed by atoms with Crippen molar-refractivity contribution in [2.24, 2.45) is 5.92 Å². The maximum atomic E-state index is 11.9. The summed E-state index contributed by atoms with van der Waals surface area (Å²) in [7, 11) is 0. The lowest BCUT2D eigenvalue weighted by molar-refractivity contribution is -0.121. The van der Waals surface area contributed by atoms with Crippen molar-refractivity contribution in [3.63, 3.8) is 0 Å². The van der Waals surface area contributed by atoms with E-state index in [-0.39, 0.29) is 12.5 Å². The number of rotatable bonds is 3. The van der Waals surface area contributed by atoms with Crippen LogP contribution >= 0.6 is 28.6 Å². The average Bonchev–Trinajstić information content (AvgIpc) is 2.32. The van der Waals surface area contributed by atoms with E-state index in [2.05, 4.69) is 35.5 Å². The summed E-state index contributed by atoms with van der Waals surface area (Å²) in [5.74, 6) is 1.88. The third kappa shape index (κ3) is 2.77. The molecule has 0 saturated heterocycles. The fraction of sp³-hybridized carbons (Fsp3) is 0.417. The van der Waals surface area contributed by atoms with Gasteiger partial charge in [-0.25, -0.2) is 0 Å². The Balaban J connectivity index is 2.32. The summed E-state index contributed by atoms with van der Waals surface area (Å²) in [5, 5.41) is 0. The van der Waals surface area contributed by atoms with E-state index in [1.807, 2.05) is 18.2 Å². The standard InChI is InChI=1S/C12H14BrNO2S/c1-8(7-17)5-14-10-4-9(13)2-3-11(10)16-6-12(14)15/h2-4,8,17H,5-7H2,1H3. The third-order valence-corrected chi connectivity index (χ3v) is 3.79. The molecule has 1 amide bonds. The number of carbonyl (C=O) groups excluding carboxylic acids is 1. The van der Waals surface area contributed by atoms with E-state index < -0.39 is 0 Å². The molecule has 2 rings (SSSR count). The third-order valence-electron chi connectivity index (χ3n) is 2.67. The molecule has 0 aliphatic carbocycles. The van der Waals surface area contributed by atoms with Crippen LogP contribution in [0, 0.1) is 5.92 Å². The molecular weight excluding hydrogens is 302 g/mol. The Labute approximate surface area is 115 Å². The Morgan fingerprint density at radius 3 is 3.06 bits per heavy atom. The van der Waals surface area contributed by atoms with Gasteiger partial charge in [0.2, 0.25) is 0 Å². The molecule has 1 atom stereocenters. The van der Waals surface area contributed by atoms with Crippen LogP contribution in [-0.2, 0) is 4.79 Å². The summed E-state index contributed by atoms with van der Waals surface area (Å²) >= 11 is 7.67. The van der Waals surface area contributed by atoms with Gasteiger partial charge >= 0.3 is 0 Å². The largest absolute Gasteiger partial charge is 0.482 e. The summed E-state index contributed by atoms with van der Waals surface area (Å²) in [6.45, 7) is 2.87. The number of amides is 1. The fourth-order valence-corrected chi connectivity index (χ4v) is 2.21. The lowest BCUT2D eigenvalue weighted by atomic mass is 10.1. The predicted octanol–water partition coefficient (Wildman–Crippen LogP) is 2.74. The Morgan fingerprint density at radius 1 is 1.59 bits per heavy atom. The number of nitrogens with zero attached hydrogens (tertiary/aromatic N) is 1. The summed E-state index contributed by atoms with van der Waals surface area (Å²) in [4.78, 5) is 13.7. The molecule has 0 bridgehead atoms. The number of ether oxygens (including phenoxy) is 1. The lowest BCUT2D eigenvalue weighted by Crippen LogP contribution is -2.41. The van der Waals surface area contributed by atoms with Gasteiger partial charge in [0.1, 0.15) is 5.75 Å². The van der Waals surface area contributed by atoms with Crippen LogP contribution in [0.15, 0.2) is 22.7 Å². The first-order chi connectivity index (χ1) is 8.11. The number of anilines is 1. The number of benzene rings is 1. The summed E-state index contributed by atoms with van der Waals surface area (Å²) in [5.41, 5.74) is 0.837. The molecule has 1 aromatic rings. The van der Waals surface area contributed by atoms with Gasteiger partial charge < -0.3 is 9.64 Å². The van der Waals surface area contributed by atoms with E-state index in [1.165, 1.54) is 0 Å². The normalized spacial score (nSPS) is 16.4. The van der Waals surface area contributed by atoms with E-state index >= 15 is 0 Å². The van der Waals surface area contributed by atoms with Crippen LogP contribution in [0.2, 0.25) is 0 Å². The van der Waals surface area contributed by atoms with Gasteiger partial charge in [-0.1, -0.05) is 22.9 Å². The van der Waals surface area contributed by atoms with Crippen LogP contribution in [0.25, 0.3) is 0 Å². The number of hydrogen-bond donors (Lipinski definition) is 1. The van der Waals surface area contributed by atoms with E-state index in [1.54, 1.807) is 4.90 Å². The van der Waals surface area contributed by atoms with Crippen molar-refractivity contribution >= 4 is 40.2 Å². The zero-order valence-corrected chi connectivity index (χ0v) is 12.0. The Morgan fingerprint density at radius 2 is 2.35 bits per heavy atom. The molecule has 0 N–H and O–H groups in total. The molecule has 0 fully saturated rings. The van der Waals surface area contributed by atoms with Gasteiger partial charge in [-0.3, -0.25) is 4.79 Å². The summed E-state index contributed by atoms with van der Waals surface area (Å²) < 4.78 is 6.35. The van der Waals surface area contributed by atoms with Crippen molar-refractivity contribution in [2.75, 3.05) is 23.8 Å². The Hall–Kier alpha value is -0.680. The first kappa shape index (κ1) is 12.8. The van der Waals surface area contributed by atoms with Gasteiger partial charge in [0, 0.05) is 11.0 Å². The average molecular weight is 316 g/mol. The van der Waals surface area contributed by atoms with Crippen molar-refractivity contribution in [3.8, 4) is 5.75 Å². The molecule has 17 heavy (non-hydrogen) atoms. The molecule has 1 heterocycles. The second-order valence-electron chi connectivity index (χ2n) is 4.19. The van der Waals surface area contributed by atoms with Gasteiger partial charge in [0.25, 0.3) is 5.91 Å². The van der Waals surface area contributed by atoms with Crippen LogP contribution < -0.4 is 9.64 Å². The zero-order valence-electron chi connectivity index (χ0n) is 9.52. The first-order valence-corrected chi connectivity index (χ1v) is 6.88. The highest BCUT2D eigenvalue weighted by molar-refractivity contribution is 9.10. The van der Waals surface area contributed by atoms with Gasteiger partial charge in [0.15, 0.2) is 6.61 Å². The van der Waals surface area contributed by atoms with Crippen LogP contribution in [0.5, 0.6) is 5.75 Å². The highest BCUT2D eigenvalue weighted by Gasteiger charge is 2.26. The van der Waals surface area contributed by atoms with E-state index in [9.17, 15) is 4.79 Å². The van der Waals surface area contributed by atoms with Crippen molar-refractivity contribution < 1.29 is 9.53 Å². The molecule has 1 aromatic carbocycles. The second kappa shape index (κ2) is 5.31. The fourth-order valence-electron chi connectivity index (χ4n) is 1.74. The molecule has 1 aliphatic rings. The first-order valence-electron chi connectivity index (χ1n) is 5.45. The maximum Gasteiger partial charge on any atom is 0.265 e. The molecule has 1 unspecified atom stereocenters. The smallest absolute Gasteiger partial charge is 0.265 e. The van der Waals surface area contributed by atoms with Crippen LogP contribution in [0.4, 0.5) is 5.69 Å². The summed E-state index contributed by atoms with van der Waals surface area (Å²) in [6.07, 6.45) is 0. The number of hydrogen-bond acceptors (Lipinski definition) is 3. The minimum absolute atomic E-state index is 0.00392. The number of halogens is 1. The quantitative estimate of drug-likeness (QED) is 0.869. The molecule has 0 spiro atoms. The van der Waals surface area contributed by atoms with E-state index in [0.717, 1.165) is 21.7 Å². The second-order valence-corrected chi connectivity index (χ2v) is 5.47. The molecule has 0 aromatic heterocycles. The zero-order chi connectivity index (χ0) is 12.4. The summed E-state index contributed by atoms with van der Waals surface area (Å²) in [6, 6.07) is 5.71. The van der Waals surface area contributed by atoms with Crippen LogP contribution in [-0.4, -0.2) is 24.8 Å². The minimum Gasteiger partial charge on any atom is -0.482 e. The van der Waals surface area contributed by atoms with Gasteiger partial charge in [-0.2, -0.15) is 12.6 Å². The van der Waals surface area contributed by atoms with E-state index in [4.69, 9.17) is 4.74 Å². The van der Waals surface area contributed by atoms with Crippen molar-refractivity contribution in [2.45, 2.75) is 6.92 Å². The Kier molecular flexibility index (Phi) is 3.99. The minimum atomic E-state index is 0.00392. The highest BCUT2D eigenvalue weighted by atomic mass is 79.9. The molecule has 3 nitrogen and oxygen atoms in total. The predicted molar refractivity (Wildman–Crippen MR) is 75.0 cm³/mol. The van der Waals surface area contributed by atoms with Crippen LogP contribution in [0.3, 0.4) is 0 Å². The van der Waals surface area contributed by atoms with Crippen molar-refractivity contribution in [1.29, 1.82) is 0 Å². The molecule has 5 heteroatoms. The van der Waals surface area contributed by atoms with Crippen molar-refractivity contribution in [1.82, 2.24) is 0 Å².